The maximum atomic E-state index is 13.0. The Hall–Kier alpha value is -0.890. The van der Waals surface area contributed by atoms with E-state index in [0.717, 1.165) is 13.0 Å². The molecule has 1 nitrogen and oxygen atoms in total. The first kappa shape index (κ1) is 15.2. The molecule has 1 N–H and O–H groups in total. The number of benzene rings is 1. The van der Waals surface area contributed by atoms with Gasteiger partial charge in [0.05, 0.1) is 0 Å². The molecule has 0 heterocycles. The summed E-state index contributed by atoms with van der Waals surface area (Å²) in [5, 5.41) is 3.59. The van der Waals surface area contributed by atoms with Crippen molar-refractivity contribution >= 4 is 0 Å². The van der Waals surface area contributed by atoms with Crippen LogP contribution in [0.25, 0.3) is 0 Å². The molecule has 0 spiro atoms. The normalized spacial score (nSPS) is 15.4. The minimum atomic E-state index is -0.168. The maximum absolute atomic E-state index is 13.0. The summed E-state index contributed by atoms with van der Waals surface area (Å²) in [4.78, 5) is 0. The Morgan fingerprint density at radius 3 is 2.17 bits per heavy atom. The van der Waals surface area contributed by atoms with Gasteiger partial charge >= 0.3 is 0 Å². The van der Waals surface area contributed by atoms with Crippen molar-refractivity contribution in [2.75, 3.05) is 6.54 Å². The Balaban J connectivity index is 3.03. The number of halogens is 1. The molecule has 0 aliphatic rings. The average Bonchev–Trinajstić information content (AvgIpc) is 2.35. The number of likely N-dealkylation sites (N-methyl/N-ethyl adjacent to an activating group) is 1. The summed E-state index contributed by atoms with van der Waals surface area (Å²) in [6.45, 7) is 12.1. The van der Waals surface area contributed by atoms with E-state index < -0.39 is 0 Å². The first-order valence-electron chi connectivity index (χ1n) is 6.92. The van der Waals surface area contributed by atoms with Crippen molar-refractivity contribution in [3.8, 4) is 0 Å². The van der Waals surface area contributed by atoms with Crippen molar-refractivity contribution in [1.82, 2.24) is 5.32 Å². The predicted molar refractivity (Wildman–Crippen MR) is 76.3 cm³/mol. The second-order valence-electron chi connectivity index (χ2n) is 5.65. The van der Waals surface area contributed by atoms with E-state index in [9.17, 15) is 4.39 Å². The zero-order chi connectivity index (χ0) is 13.8. The third-order valence-corrected chi connectivity index (χ3v) is 4.00. The number of rotatable bonds is 6. The number of nitrogens with one attached hydrogen (secondary N) is 1. The van der Waals surface area contributed by atoms with E-state index in [1.807, 2.05) is 12.1 Å². The molecule has 18 heavy (non-hydrogen) atoms. The zero-order valence-corrected chi connectivity index (χ0v) is 12.3. The van der Waals surface area contributed by atoms with Crippen molar-refractivity contribution in [3.05, 3.63) is 35.6 Å². The Labute approximate surface area is 111 Å². The van der Waals surface area contributed by atoms with E-state index >= 15 is 0 Å². The molecule has 102 valence electrons. The van der Waals surface area contributed by atoms with Crippen LogP contribution in [0, 0.1) is 11.7 Å². The van der Waals surface area contributed by atoms with Crippen molar-refractivity contribution < 1.29 is 4.39 Å². The largest absolute Gasteiger partial charge is 0.313 e. The molecule has 1 aromatic rings. The van der Waals surface area contributed by atoms with Gasteiger partial charge in [-0.05, 0) is 30.2 Å². The molecular formula is C16H26FN. The fourth-order valence-corrected chi connectivity index (χ4v) is 2.68. The van der Waals surface area contributed by atoms with E-state index in [1.54, 1.807) is 12.1 Å². The summed E-state index contributed by atoms with van der Waals surface area (Å²) in [6, 6.07) is 7.32. The lowest BCUT2D eigenvalue weighted by atomic mass is 9.72. The highest BCUT2D eigenvalue weighted by atomic mass is 19.1. The van der Waals surface area contributed by atoms with E-state index in [4.69, 9.17) is 0 Å². The lowest BCUT2D eigenvalue weighted by Gasteiger charge is -2.39. The quantitative estimate of drug-likeness (QED) is 0.801. The molecule has 0 saturated carbocycles. The molecule has 0 fully saturated rings. The van der Waals surface area contributed by atoms with Gasteiger partial charge in [0, 0.05) is 11.5 Å². The van der Waals surface area contributed by atoms with Crippen LogP contribution in [0.1, 0.15) is 46.6 Å². The molecule has 0 aliphatic heterocycles. The SMILES string of the molecule is CCNC(C(C)CC)C(C)(C)c1ccc(F)cc1. The minimum absolute atomic E-state index is 0.000856. The van der Waals surface area contributed by atoms with Gasteiger partial charge in [-0.25, -0.2) is 4.39 Å². The van der Waals surface area contributed by atoms with Crippen molar-refractivity contribution in [2.45, 2.75) is 52.5 Å². The van der Waals surface area contributed by atoms with Gasteiger partial charge in [0.15, 0.2) is 0 Å². The van der Waals surface area contributed by atoms with Crippen LogP contribution < -0.4 is 5.32 Å². The molecular weight excluding hydrogens is 225 g/mol. The summed E-state index contributed by atoms with van der Waals surface area (Å²) in [6.07, 6.45) is 1.14. The maximum Gasteiger partial charge on any atom is 0.123 e. The Morgan fingerprint density at radius 2 is 1.72 bits per heavy atom. The molecule has 1 aromatic carbocycles. The Bertz CT molecular complexity index is 356. The lowest BCUT2D eigenvalue weighted by molar-refractivity contribution is 0.255. The van der Waals surface area contributed by atoms with Crippen LogP contribution in [0.5, 0.6) is 0 Å². The minimum Gasteiger partial charge on any atom is -0.313 e. The number of hydrogen-bond donors (Lipinski definition) is 1. The van der Waals surface area contributed by atoms with Crippen molar-refractivity contribution in [2.24, 2.45) is 5.92 Å². The molecule has 2 atom stereocenters. The number of hydrogen-bond acceptors (Lipinski definition) is 1. The van der Waals surface area contributed by atoms with Crippen molar-refractivity contribution in [1.29, 1.82) is 0 Å². The third kappa shape index (κ3) is 3.32. The standard InChI is InChI=1S/C16H26FN/c1-6-12(3)15(18-7-2)16(4,5)13-8-10-14(17)11-9-13/h8-12,15,18H,6-7H2,1-5H3. The highest BCUT2D eigenvalue weighted by molar-refractivity contribution is 5.26. The fraction of sp³-hybridized carbons (Fsp3) is 0.625. The summed E-state index contributed by atoms with van der Waals surface area (Å²) in [5.41, 5.74) is 1.19. The van der Waals surface area contributed by atoms with Crippen LogP contribution in [0.15, 0.2) is 24.3 Å². The van der Waals surface area contributed by atoms with E-state index in [2.05, 4.69) is 39.9 Å². The summed E-state index contributed by atoms with van der Waals surface area (Å²) < 4.78 is 13.0. The summed E-state index contributed by atoms with van der Waals surface area (Å²) in [7, 11) is 0. The molecule has 0 aliphatic carbocycles. The molecule has 0 radical (unpaired) electrons. The van der Waals surface area contributed by atoms with Gasteiger partial charge in [0.25, 0.3) is 0 Å². The lowest BCUT2D eigenvalue weighted by Crippen LogP contribution is -2.48. The Morgan fingerprint density at radius 1 is 1.17 bits per heavy atom. The highest BCUT2D eigenvalue weighted by Crippen LogP contribution is 2.32. The van der Waals surface area contributed by atoms with Crippen LogP contribution in [-0.2, 0) is 5.41 Å². The van der Waals surface area contributed by atoms with Gasteiger partial charge in [-0.3, -0.25) is 0 Å². The van der Waals surface area contributed by atoms with Crippen LogP contribution >= 0.6 is 0 Å². The third-order valence-electron chi connectivity index (χ3n) is 4.00. The summed E-state index contributed by atoms with van der Waals surface area (Å²) >= 11 is 0. The van der Waals surface area contributed by atoms with E-state index in [1.165, 1.54) is 5.56 Å². The van der Waals surface area contributed by atoms with Gasteiger partial charge in [-0.2, -0.15) is 0 Å². The molecule has 2 unspecified atom stereocenters. The van der Waals surface area contributed by atoms with Crippen LogP contribution in [0.4, 0.5) is 4.39 Å². The molecule has 1 rings (SSSR count). The van der Waals surface area contributed by atoms with Gasteiger partial charge in [-0.1, -0.05) is 53.2 Å². The smallest absolute Gasteiger partial charge is 0.123 e. The zero-order valence-electron chi connectivity index (χ0n) is 12.3. The van der Waals surface area contributed by atoms with Crippen LogP contribution in [0.3, 0.4) is 0 Å². The monoisotopic (exact) mass is 251 g/mol. The fourth-order valence-electron chi connectivity index (χ4n) is 2.68. The van der Waals surface area contributed by atoms with Gasteiger partial charge in [0.2, 0.25) is 0 Å². The second kappa shape index (κ2) is 6.33. The van der Waals surface area contributed by atoms with Crippen LogP contribution in [-0.4, -0.2) is 12.6 Å². The highest BCUT2D eigenvalue weighted by Gasteiger charge is 2.33. The van der Waals surface area contributed by atoms with Gasteiger partial charge in [0.1, 0.15) is 5.82 Å². The summed E-state index contributed by atoms with van der Waals surface area (Å²) in [5.74, 6) is 0.420. The van der Waals surface area contributed by atoms with E-state index in [0.29, 0.717) is 12.0 Å². The second-order valence-corrected chi connectivity index (χ2v) is 5.65. The Kier molecular flexibility index (Phi) is 5.33. The van der Waals surface area contributed by atoms with Crippen molar-refractivity contribution in [3.63, 3.8) is 0 Å². The first-order valence-corrected chi connectivity index (χ1v) is 6.92. The van der Waals surface area contributed by atoms with E-state index in [-0.39, 0.29) is 11.2 Å². The predicted octanol–water partition coefficient (Wildman–Crippen LogP) is 4.13. The first-order chi connectivity index (χ1) is 8.43. The molecule has 0 amide bonds. The molecule has 2 heteroatoms. The van der Waals surface area contributed by atoms with Crippen LogP contribution in [0.2, 0.25) is 0 Å². The molecule has 0 aromatic heterocycles. The topological polar surface area (TPSA) is 12.0 Å². The average molecular weight is 251 g/mol. The molecule has 0 saturated heterocycles. The van der Waals surface area contributed by atoms with Gasteiger partial charge in [-0.15, -0.1) is 0 Å². The van der Waals surface area contributed by atoms with Gasteiger partial charge < -0.3 is 5.32 Å². The molecule has 0 bridgehead atoms.